The summed E-state index contributed by atoms with van der Waals surface area (Å²) in [6.07, 6.45) is 5.12. The molecule has 0 spiro atoms. The number of anilines is 1. The predicted octanol–water partition coefficient (Wildman–Crippen LogP) is 2.70. The van der Waals surface area contributed by atoms with Gasteiger partial charge in [0.05, 0.1) is 11.8 Å². The molecule has 3 heteroatoms. The molecule has 88 valence electrons. The first-order valence-corrected chi connectivity index (χ1v) is 5.92. The Bertz CT molecular complexity index is 337. The van der Waals surface area contributed by atoms with Crippen molar-refractivity contribution < 1.29 is 4.74 Å². The summed E-state index contributed by atoms with van der Waals surface area (Å²) in [6, 6.07) is 4.48. The highest BCUT2D eigenvalue weighted by atomic mass is 16.5. The molecule has 1 N–H and O–H groups in total. The fourth-order valence-corrected chi connectivity index (χ4v) is 2.26. The van der Waals surface area contributed by atoms with E-state index in [1.807, 2.05) is 12.3 Å². The van der Waals surface area contributed by atoms with Crippen molar-refractivity contribution in [1.29, 1.82) is 0 Å². The van der Waals surface area contributed by atoms with E-state index in [0.717, 1.165) is 18.7 Å². The minimum atomic E-state index is 0.200. The van der Waals surface area contributed by atoms with E-state index in [4.69, 9.17) is 4.74 Å². The summed E-state index contributed by atoms with van der Waals surface area (Å²) in [5, 5.41) is 3.51. The molecule has 1 fully saturated rings. The molecule has 0 amide bonds. The highest BCUT2D eigenvalue weighted by molar-refractivity contribution is 5.42. The summed E-state index contributed by atoms with van der Waals surface area (Å²) >= 11 is 0. The molecule has 16 heavy (non-hydrogen) atoms. The average molecular weight is 220 g/mol. The van der Waals surface area contributed by atoms with E-state index in [0.29, 0.717) is 12.1 Å². The Morgan fingerprint density at radius 3 is 2.94 bits per heavy atom. The Hall–Kier alpha value is -1.09. The van der Waals surface area contributed by atoms with Crippen molar-refractivity contribution in [2.24, 2.45) is 5.41 Å². The van der Waals surface area contributed by atoms with E-state index in [9.17, 15) is 0 Å². The molecule has 0 aromatic carbocycles. The van der Waals surface area contributed by atoms with Crippen LogP contribution in [0, 0.1) is 5.41 Å². The molecule has 2 rings (SSSR count). The van der Waals surface area contributed by atoms with Crippen LogP contribution in [0.1, 0.15) is 27.2 Å². The van der Waals surface area contributed by atoms with Gasteiger partial charge in [0.1, 0.15) is 0 Å². The molecule has 2 atom stereocenters. The van der Waals surface area contributed by atoms with Crippen LogP contribution in [0.3, 0.4) is 0 Å². The molecule has 1 aromatic rings. The number of pyridine rings is 1. The fraction of sp³-hybridized carbons (Fsp3) is 0.615. The summed E-state index contributed by atoms with van der Waals surface area (Å²) in [5.41, 5.74) is 1.29. The van der Waals surface area contributed by atoms with Gasteiger partial charge < -0.3 is 10.1 Å². The number of aromatic nitrogens is 1. The van der Waals surface area contributed by atoms with Gasteiger partial charge >= 0.3 is 0 Å². The first-order valence-electron chi connectivity index (χ1n) is 5.92. The largest absolute Gasteiger partial charge is 0.380 e. The maximum absolute atomic E-state index is 5.71. The van der Waals surface area contributed by atoms with Crippen molar-refractivity contribution in [3.8, 4) is 0 Å². The zero-order chi connectivity index (χ0) is 11.6. The Morgan fingerprint density at radius 1 is 1.56 bits per heavy atom. The van der Waals surface area contributed by atoms with Gasteiger partial charge in [-0.3, -0.25) is 4.98 Å². The molecular formula is C13H20N2O. The van der Waals surface area contributed by atoms with E-state index in [-0.39, 0.29) is 5.41 Å². The van der Waals surface area contributed by atoms with Crippen LogP contribution in [-0.4, -0.2) is 23.7 Å². The van der Waals surface area contributed by atoms with Crippen molar-refractivity contribution >= 4 is 5.69 Å². The van der Waals surface area contributed by atoms with Gasteiger partial charge in [0, 0.05) is 30.5 Å². The molecule has 1 aromatic heterocycles. The van der Waals surface area contributed by atoms with E-state index in [1.54, 1.807) is 6.20 Å². The Morgan fingerprint density at radius 2 is 2.38 bits per heavy atom. The molecular weight excluding hydrogens is 200 g/mol. The molecule has 0 aliphatic heterocycles. The van der Waals surface area contributed by atoms with Crippen LogP contribution in [0.15, 0.2) is 24.5 Å². The molecule has 0 saturated heterocycles. The quantitative estimate of drug-likeness (QED) is 0.847. The number of nitrogens with one attached hydrogen (secondary N) is 1. The van der Waals surface area contributed by atoms with Crippen LogP contribution in [0.2, 0.25) is 0 Å². The van der Waals surface area contributed by atoms with Crippen molar-refractivity contribution in [3.05, 3.63) is 24.5 Å². The maximum atomic E-state index is 5.71. The van der Waals surface area contributed by atoms with Crippen molar-refractivity contribution in [3.63, 3.8) is 0 Å². The van der Waals surface area contributed by atoms with Gasteiger partial charge in [-0.25, -0.2) is 0 Å². The lowest BCUT2D eigenvalue weighted by Gasteiger charge is -2.52. The van der Waals surface area contributed by atoms with Crippen LogP contribution in [0.4, 0.5) is 5.69 Å². The zero-order valence-corrected chi connectivity index (χ0v) is 10.2. The van der Waals surface area contributed by atoms with Crippen molar-refractivity contribution in [2.75, 3.05) is 11.9 Å². The summed E-state index contributed by atoms with van der Waals surface area (Å²) in [7, 11) is 0. The van der Waals surface area contributed by atoms with Gasteiger partial charge in [0.25, 0.3) is 0 Å². The van der Waals surface area contributed by atoms with Gasteiger partial charge in [0.2, 0.25) is 0 Å². The second kappa shape index (κ2) is 4.42. The summed E-state index contributed by atoms with van der Waals surface area (Å²) in [6.45, 7) is 7.36. The third-order valence-electron chi connectivity index (χ3n) is 3.55. The van der Waals surface area contributed by atoms with Crippen LogP contribution >= 0.6 is 0 Å². The Labute approximate surface area is 97.2 Å². The van der Waals surface area contributed by atoms with Gasteiger partial charge in [-0.1, -0.05) is 13.8 Å². The van der Waals surface area contributed by atoms with Crippen LogP contribution in [0.25, 0.3) is 0 Å². The molecule has 1 heterocycles. The predicted molar refractivity (Wildman–Crippen MR) is 65.5 cm³/mol. The monoisotopic (exact) mass is 220 g/mol. The highest BCUT2D eigenvalue weighted by Gasteiger charge is 2.48. The van der Waals surface area contributed by atoms with Crippen LogP contribution < -0.4 is 5.32 Å². The first kappa shape index (κ1) is 11.4. The Balaban J connectivity index is 1.94. The molecule has 2 unspecified atom stereocenters. The number of hydrogen-bond acceptors (Lipinski definition) is 3. The van der Waals surface area contributed by atoms with Gasteiger partial charge in [0.15, 0.2) is 0 Å². The lowest BCUT2D eigenvalue weighted by molar-refractivity contribution is -0.0976. The number of hydrogen-bond donors (Lipinski definition) is 1. The lowest BCUT2D eigenvalue weighted by atomic mass is 9.64. The second-order valence-corrected chi connectivity index (χ2v) is 4.94. The SMILES string of the molecule is CCOC1CC(Nc2cccnc2)C1(C)C. The standard InChI is InChI=1S/C13H20N2O/c1-4-16-12-8-11(13(12,2)3)15-10-6-5-7-14-9-10/h5-7,9,11-12,15H,4,8H2,1-3H3. The minimum absolute atomic E-state index is 0.200. The molecule has 0 bridgehead atoms. The molecule has 3 nitrogen and oxygen atoms in total. The summed E-state index contributed by atoms with van der Waals surface area (Å²) < 4.78 is 5.71. The topological polar surface area (TPSA) is 34.1 Å². The Kier molecular flexibility index (Phi) is 3.15. The van der Waals surface area contributed by atoms with Gasteiger partial charge in [-0.05, 0) is 25.5 Å². The summed E-state index contributed by atoms with van der Waals surface area (Å²) in [5.74, 6) is 0. The molecule has 1 saturated carbocycles. The van der Waals surface area contributed by atoms with Crippen molar-refractivity contribution in [2.45, 2.75) is 39.3 Å². The molecule has 0 radical (unpaired) electrons. The number of ether oxygens (including phenoxy) is 1. The van der Waals surface area contributed by atoms with E-state index in [2.05, 4.69) is 37.1 Å². The van der Waals surface area contributed by atoms with E-state index in [1.165, 1.54) is 0 Å². The second-order valence-electron chi connectivity index (χ2n) is 4.94. The first-order chi connectivity index (χ1) is 7.64. The average Bonchev–Trinajstić information content (AvgIpc) is 2.29. The number of nitrogens with zero attached hydrogens (tertiary/aromatic N) is 1. The molecule has 1 aliphatic carbocycles. The molecule has 1 aliphatic rings. The van der Waals surface area contributed by atoms with E-state index < -0.39 is 0 Å². The zero-order valence-electron chi connectivity index (χ0n) is 10.2. The minimum Gasteiger partial charge on any atom is -0.380 e. The lowest BCUT2D eigenvalue weighted by Crippen LogP contribution is -2.58. The third-order valence-corrected chi connectivity index (χ3v) is 3.55. The van der Waals surface area contributed by atoms with E-state index >= 15 is 0 Å². The normalized spacial score (nSPS) is 27.2. The smallest absolute Gasteiger partial charge is 0.0665 e. The summed E-state index contributed by atoms with van der Waals surface area (Å²) in [4.78, 5) is 4.11. The fourth-order valence-electron chi connectivity index (χ4n) is 2.26. The van der Waals surface area contributed by atoms with Gasteiger partial charge in [-0.2, -0.15) is 0 Å². The van der Waals surface area contributed by atoms with Crippen molar-refractivity contribution in [1.82, 2.24) is 4.98 Å². The van der Waals surface area contributed by atoms with Gasteiger partial charge in [-0.15, -0.1) is 0 Å². The number of rotatable bonds is 4. The third kappa shape index (κ3) is 2.05. The maximum Gasteiger partial charge on any atom is 0.0665 e. The van der Waals surface area contributed by atoms with Crippen LogP contribution in [0.5, 0.6) is 0 Å². The highest BCUT2D eigenvalue weighted by Crippen LogP contribution is 2.44. The van der Waals surface area contributed by atoms with Crippen LogP contribution in [-0.2, 0) is 4.74 Å².